The largest absolute Gasteiger partial charge is 0.308 e. The van der Waals surface area contributed by atoms with Crippen molar-refractivity contribution in [2.75, 3.05) is 0 Å². The molecule has 0 amide bonds. The van der Waals surface area contributed by atoms with Crippen molar-refractivity contribution < 1.29 is 0 Å². The fraction of sp³-hybridized carbons (Fsp3) is 0.615. The smallest absolute Gasteiger partial charge is 0.129 e. The molecule has 0 saturated heterocycles. The molecule has 1 N–H and O–H groups in total. The van der Waals surface area contributed by atoms with Crippen molar-refractivity contribution in [1.29, 1.82) is 0 Å². The fourth-order valence-corrected chi connectivity index (χ4v) is 2.59. The van der Waals surface area contributed by atoms with E-state index in [-0.39, 0.29) is 0 Å². The first kappa shape index (κ1) is 11.9. The maximum atomic E-state index is 5.86. The second-order valence-corrected chi connectivity index (χ2v) is 5.09. The first-order chi connectivity index (χ1) is 7.75. The fourth-order valence-electron chi connectivity index (χ4n) is 2.40. The summed E-state index contributed by atoms with van der Waals surface area (Å²) in [6.07, 6.45) is 5.38. The lowest BCUT2D eigenvalue weighted by Gasteiger charge is -2.29. The van der Waals surface area contributed by atoms with Gasteiger partial charge in [-0.3, -0.25) is 0 Å². The molecular formula is C13H19ClN2. The second kappa shape index (κ2) is 5.65. The van der Waals surface area contributed by atoms with Gasteiger partial charge in [-0.15, -0.1) is 0 Å². The zero-order chi connectivity index (χ0) is 11.4. The van der Waals surface area contributed by atoms with E-state index in [0.717, 1.165) is 18.2 Å². The molecule has 0 spiro atoms. The van der Waals surface area contributed by atoms with Crippen LogP contribution in [0.1, 0.15) is 38.3 Å². The SMILES string of the molecule is CC1CCCCC1NCc1cccc(Cl)n1. The molecule has 1 saturated carbocycles. The van der Waals surface area contributed by atoms with Gasteiger partial charge in [-0.2, -0.15) is 0 Å². The molecule has 0 bridgehead atoms. The molecular weight excluding hydrogens is 220 g/mol. The highest BCUT2D eigenvalue weighted by molar-refractivity contribution is 6.29. The Bertz CT molecular complexity index is 340. The zero-order valence-electron chi connectivity index (χ0n) is 9.75. The van der Waals surface area contributed by atoms with Crippen LogP contribution in [0.5, 0.6) is 0 Å². The number of nitrogens with zero attached hydrogens (tertiary/aromatic N) is 1. The average molecular weight is 239 g/mol. The van der Waals surface area contributed by atoms with Gasteiger partial charge in [0.1, 0.15) is 5.15 Å². The number of nitrogens with one attached hydrogen (secondary N) is 1. The van der Waals surface area contributed by atoms with E-state index in [1.54, 1.807) is 0 Å². The summed E-state index contributed by atoms with van der Waals surface area (Å²) in [6.45, 7) is 3.16. The Morgan fingerprint density at radius 3 is 2.94 bits per heavy atom. The second-order valence-electron chi connectivity index (χ2n) is 4.70. The molecule has 0 aliphatic heterocycles. The molecule has 0 radical (unpaired) electrons. The molecule has 0 aromatic carbocycles. The van der Waals surface area contributed by atoms with Crippen molar-refractivity contribution in [3.05, 3.63) is 29.0 Å². The normalized spacial score (nSPS) is 25.6. The van der Waals surface area contributed by atoms with Crippen LogP contribution in [0.25, 0.3) is 0 Å². The molecule has 3 heteroatoms. The van der Waals surface area contributed by atoms with Crippen LogP contribution >= 0.6 is 11.6 Å². The van der Waals surface area contributed by atoms with E-state index in [0.29, 0.717) is 11.2 Å². The number of aromatic nitrogens is 1. The quantitative estimate of drug-likeness (QED) is 0.817. The third-order valence-electron chi connectivity index (χ3n) is 3.43. The number of hydrogen-bond donors (Lipinski definition) is 1. The van der Waals surface area contributed by atoms with Crippen LogP contribution < -0.4 is 5.32 Å². The number of halogens is 1. The van der Waals surface area contributed by atoms with E-state index in [4.69, 9.17) is 11.6 Å². The molecule has 1 aromatic heterocycles. The average Bonchev–Trinajstić information content (AvgIpc) is 2.28. The highest BCUT2D eigenvalue weighted by Gasteiger charge is 2.20. The van der Waals surface area contributed by atoms with Crippen LogP contribution in [0.3, 0.4) is 0 Å². The van der Waals surface area contributed by atoms with Crippen LogP contribution in [-0.4, -0.2) is 11.0 Å². The monoisotopic (exact) mass is 238 g/mol. The van der Waals surface area contributed by atoms with Crippen molar-refractivity contribution in [3.8, 4) is 0 Å². The lowest BCUT2D eigenvalue weighted by molar-refractivity contribution is 0.278. The van der Waals surface area contributed by atoms with Crippen LogP contribution in [-0.2, 0) is 6.54 Å². The molecule has 88 valence electrons. The Morgan fingerprint density at radius 2 is 2.19 bits per heavy atom. The summed E-state index contributed by atoms with van der Waals surface area (Å²) in [4.78, 5) is 4.29. The van der Waals surface area contributed by atoms with Crippen molar-refractivity contribution >= 4 is 11.6 Å². The summed E-state index contributed by atoms with van der Waals surface area (Å²) >= 11 is 5.86. The van der Waals surface area contributed by atoms with Gasteiger partial charge < -0.3 is 5.32 Å². The number of hydrogen-bond acceptors (Lipinski definition) is 2. The zero-order valence-corrected chi connectivity index (χ0v) is 10.5. The Hall–Kier alpha value is -0.600. The molecule has 1 aliphatic rings. The van der Waals surface area contributed by atoms with Gasteiger partial charge >= 0.3 is 0 Å². The minimum absolute atomic E-state index is 0.580. The lowest BCUT2D eigenvalue weighted by Crippen LogP contribution is -2.36. The van der Waals surface area contributed by atoms with Crippen molar-refractivity contribution in [1.82, 2.24) is 10.3 Å². The van der Waals surface area contributed by atoms with Gasteiger partial charge in [0.05, 0.1) is 5.69 Å². The summed E-state index contributed by atoms with van der Waals surface area (Å²) in [5.41, 5.74) is 1.03. The van der Waals surface area contributed by atoms with Crippen molar-refractivity contribution in [3.63, 3.8) is 0 Å². The van der Waals surface area contributed by atoms with Crippen LogP contribution in [0.4, 0.5) is 0 Å². The Labute approximate surface area is 102 Å². The standard InChI is InChI=1S/C13H19ClN2/c1-10-5-2-3-7-12(10)15-9-11-6-4-8-13(14)16-11/h4,6,8,10,12,15H,2-3,5,7,9H2,1H3. The minimum atomic E-state index is 0.580. The third-order valence-corrected chi connectivity index (χ3v) is 3.64. The van der Waals surface area contributed by atoms with E-state index >= 15 is 0 Å². The molecule has 1 fully saturated rings. The molecule has 1 heterocycles. The summed E-state index contributed by atoms with van der Waals surface area (Å²) in [5, 5.41) is 4.17. The summed E-state index contributed by atoms with van der Waals surface area (Å²) in [7, 11) is 0. The van der Waals surface area contributed by atoms with Crippen molar-refractivity contribution in [2.45, 2.75) is 45.2 Å². The Balaban J connectivity index is 1.86. The van der Waals surface area contributed by atoms with Gasteiger partial charge in [-0.1, -0.05) is 37.4 Å². The Morgan fingerprint density at radius 1 is 1.38 bits per heavy atom. The van der Waals surface area contributed by atoms with E-state index in [9.17, 15) is 0 Å². The molecule has 1 aliphatic carbocycles. The highest BCUT2D eigenvalue weighted by atomic mass is 35.5. The summed E-state index contributed by atoms with van der Waals surface area (Å²) in [5.74, 6) is 0.785. The third kappa shape index (κ3) is 3.19. The summed E-state index contributed by atoms with van der Waals surface area (Å²) in [6, 6.07) is 6.44. The Kier molecular flexibility index (Phi) is 4.19. The van der Waals surface area contributed by atoms with Gasteiger partial charge in [-0.05, 0) is 30.9 Å². The minimum Gasteiger partial charge on any atom is -0.308 e. The van der Waals surface area contributed by atoms with E-state index in [2.05, 4.69) is 17.2 Å². The topological polar surface area (TPSA) is 24.9 Å². The predicted octanol–water partition coefficient (Wildman–Crippen LogP) is 3.40. The lowest BCUT2D eigenvalue weighted by atomic mass is 9.86. The first-order valence-electron chi connectivity index (χ1n) is 6.10. The van der Waals surface area contributed by atoms with Gasteiger partial charge in [0.15, 0.2) is 0 Å². The van der Waals surface area contributed by atoms with Gasteiger partial charge in [0.2, 0.25) is 0 Å². The van der Waals surface area contributed by atoms with Gasteiger partial charge in [-0.25, -0.2) is 4.98 Å². The van der Waals surface area contributed by atoms with Crippen molar-refractivity contribution in [2.24, 2.45) is 5.92 Å². The van der Waals surface area contributed by atoms with Crippen LogP contribution in [0.2, 0.25) is 5.15 Å². The first-order valence-corrected chi connectivity index (χ1v) is 6.48. The highest BCUT2D eigenvalue weighted by Crippen LogP contribution is 2.23. The van der Waals surface area contributed by atoms with E-state index in [1.165, 1.54) is 25.7 Å². The van der Waals surface area contributed by atoms with Gasteiger partial charge in [0, 0.05) is 12.6 Å². The molecule has 2 nitrogen and oxygen atoms in total. The van der Waals surface area contributed by atoms with E-state index < -0.39 is 0 Å². The molecule has 16 heavy (non-hydrogen) atoms. The maximum Gasteiger partial charge on any atom is 0.129 e. The van der Waals surface area contributed by atoms with E-state index in [1.807, 2.05) is 18.2 Å². The maximum absolute atomic E-state index is 5.86. The number of pyridine rings is 1. The predicted molar refractivity (Wildman–Crippen MR) is 67.5 cm³/mol. The molecule has 2 unspecified atom stereocenters. The molecule has 1 aromatic rings. The van der Waals surface area contributed by atoms with Crippen LogP contribution in [0.15, 0.2) is 18.2 Å². The number of rotatable bonds is 3. The van der Waals surface area contributed by atoms with Gasteiger partial charge in [0.25, 0.3) is 0 Å². The summed E-state index contributed by atoms with van der Waals surface area (Å²) < 4.78 is 0. The molecule has 2 atom stereocenters. The van der Waals surface area contributed by atoms with Crippen LogP contribution in [0, 0.1) is 5.92 Å². The molecule has 2 rings (SSSR count).